The first-order valence-electron chi connectivity index (χ1n) is 8.66. The highest BCUT2D eigenvalue weighted by atomic mass is 32.2. The summed E-state index contributed by atoms with van der Waals surface area (Å²) in [4.78, 5) is 24.6. The van der Waals surface area contributed by atoms with Gasteiger partial charge in [-0.05, 0) is 56.9 Å². The van der Waals surface area contributed by atoms with E-state index in [1.165, 1.54) is 0 Å². The Morgan fingerprint density at radius 2 is 1.70 bits per heavy atom. The van der Waals surface area contributed by atoms with Crippen LogP contribution in [0.25, 0.3) is 0 Å². The second-order valence-electron chi connectivity index (χ2n) is 6.92. The predicted octanol–water partition coefficient (Wildman–Crippen LogP) is 2.97. The van der Waals surface area contributed by atoms with Crippen molar-refractivity contribution in [2.45, 2.75) is 45.4 Å². The lowest BCUT2D eigenvalue weighted by molar-refractivity contribution is -0.123. The number of rotatable bonds is 9. The Morgan fingerprint density at radius 3 is 2.19 bits per heavy atom. The summed E-state index contributed by atoms with van der Waals surface area (Å²) in [5.74, 6) is 1.76. The SMILES string of the molecule is COc1cc(CNC(=O)[C@@H](CCSC)NC(=O)OC(C)(C)C)cc(OC)c1. The van der Waals surface area contributed by atoms with Crippen LogP contribution in [-0.4, -0.2) is 49.9 Å². The van der Waals surface area contributed by atoms with Gasteiger partial charge in [-0.3, -0.25) is 4.79 Å². The van der Waals surface area contributed by atoms with E-state index in [9.17, 15) is 9.59 Å². The molecule has 152 valence electrons. The second-order valence-corrected chi connectivity index (χ2v) is 7.90. The van der Waals surface area contributed by atoms with Crippen LogP contribution in [0.1, 0.15) is 32.8 Å². The molecule has 1 atom stereocenters. The molecule has 0 unspecified atom stereocenters. The average molecular weight is 399 g/mol. The van der Waals surface area contributed by atoms with Crippen molar-refractivity contribution in [2.24, 2.45) is 0 Å². The highest BCUT2D eigenvalue weighted by molar-refractivity contribution is 7.98. The van der Waals surface area contributed by atoms with Crippen molar-refractivity contribution in [3.05, 3.63) is 23.8 Å². The molecule has 7 nitrogen and oxygen atoms in total. The fourth-order valence-corrected chi connectivity index (χ4v) is 2.71. The zero-order valence-corrected chi connectivity index (χ0v) is 17.7. The first-order valence-corrected chi connectivity index (χ1v) is 10.1. The molecule has 0 saturated heterocycles. The van der Waals surface area contributed by atoms with Crippen molar-refractivity contribution in [3.63, 3.8) is 0 Å². The molecular formula is C19H30N2O5S. The molecule has 0 aromatic heterocycles. The summed E-state index contributed by atoms with van der Waals surface area (Å²) in [5.41, 5.74) is 0.210. The summed E-state index contributed by atoms with van der Waals surface area (Å²) < 4.78 is 15.7. The van der Waals surface area contributed by atoms with E-state index in [1.54, 1.807) is 52.8 Å². The molecule has 1 aromatic carbocycles. The molecule has 2 N–H and O–H groups in total. The second kappa shape index (κ2) is 10.9. The molecule has 0 saturated carbocycles. The maximum Gasteiger partial charge on any atom is 0.408 e. The molecule has 0 aliphatic heterocycles. The van der Waals surface area contributed by atoms with Gasteiger partial charge in [0.25, 0.3) is 0 Å². The molecule has 0 fully saturated rings. The van der Waals surface area contributed by atoms with Crippen molar-refractivity contribution in [3.8, 4) is 11.5 Å². The summed E-state index contributed by atoms with van der Waals surface area (Å²) in [7, 11) is 3.14. The van der Waals surface area contributed by atoms with E-state index in [-0.39, 0.29) is 12.5 Å². The van der Waals surface area contributed by atoms with Gasteiger partial charge in [-0.15, -0.1) is 0 Å². The van der Waals surface area contributed by atoms with Crippen LogP contribution < -0.4 is 20.1 Å². The van der Waals surface area contributed by atoms with Crippen molar-refractivity contribution in [1.29, 1.82) is 0 Å². The summed E-state index contributed by atoms with van der Waals surface area (Å²) >= 11 is 1.61. The topological polar surface area (TPSA) is 85.9 Å². The van der Waals surface area contributed by atoms with Crippen LogP contribution in [0.15, 0.2) is 18.2 Å². The summed E-state index contributed by atoms with van der Waals surface area (Å²) in [6.07, 6.45) is 1.85. The average Bonchev–Trinajstić information content (AvgIpc) is 2.61. The Kier molecular flexibility index (Phi) is 9.28. The molecule has 0 heterocycles. The minimum Gasteiger partial charge on any atom is -0.497 e. The third kappa shape index (κ3) is 8.90. The molecule has 0 radical (unpaired) electrons. The fraction of sp³-hybridized carbons (Fsp3) is 0.579. The van der Waals surface area contributed by atoms with E-state index in [0.29, 0.717) is 17.9 Å². The highest BCUT2D eigenvalue weighted by Gasteiger charge is 2.24. The van der Waals surface area contributed by atoms with E-state index < -0.39 is 17.7 Å². The third-order valence-corrected chi connectivity index (χ3v) is 4.14. The largest absolute Gasteiger partial charge is 0.497 e. The van der Waals surface area contributed by atoms with E-state index in [2.05, 4.69) is 10.6 Å². The number of thioether (sulfide) groups is 1. The molecule has 0 spiro atoms. The molecule has 1 rings (SSSR count). The van der Waals surface area contributed by atoms with Crippen LogP contribution >= 0.6 is 11.8 Å². The zero-order valence-electron chi connectivity index (χ0n) is 16.9. The predicted molar refractivity (Wildman–Crippen MR) is 108 cm³/mol. The number of nitrogens with one attached hydrogen (secondary N) is 2. The Hall–Kier alpha value is -2.09. The molecular weight excluding hydrogens is 368 g/mol. The summed E-state index contributed by atoms with van der Waals surface area (Å²) in [6, 6.07) is 4.73. The Bertz CT molecular complexity index is 609. The summed E-state index contributed by atoms with van der Waals surface area (Å²) in [5, 5.41) is 5.50. The Balaban J connectivity index is 2.74. The normalized spacial score (nSPS) is 12.1. The molecule has 0 bridgehead atoms. The van der Waals surface area contributed by atoms with E-state index in [4.69, 9.17) is 14.2 Å². The van der Waals surface area contributed by atoms with Gasteiger partial charge in [0.2, 0.25) is 5.91 Å². The summed E-state index contributed by atoms with van der Waals surface area (Å²) in [6.45, 7) is 5.62. The molecule has 8 heteroatoms. The number of carbonyl (C=O) groups excluding carboxylic acids is 2. The number of benzene rings is 1. The van der Waals surface area contributed by atoms with Gasteiger partial charge in [0.05, 0.1) is 14.2 Å². The first kappa shape index (κ1) is 23.0. The van der Waals surface area contributed by atoms with Crippen LogP contribution in [0.2, 0.25) is 0 Å². The number of ether oxygens (including phenoxy) is 3. The van der Waals surface area contributed by atoms with Gasteiger partial charge in [0.15, 0.2) is 0 Å². The van der Waals surface area contributed by atoms with Crippen LogP contribution in [0.5, 0.6) is 11.5 Å². The number of hydrogen-bond acceptors (Lipinski definition) is 6. The van der Waals surface area contributed by atoms with E-state index in [0.717, 1.165) is 11.3 Å². The van der Waals surface area contributed by atoms with Gasteiger partial charge >= 0.3 is 6.09 Å². The van der Waals surface area contributed by atoms with Crippen LogP contribution in [0.3, 0.4) is 0 Å². The fourth-order valence-electron chi connectivity index (χ4n) is 2.24. The van der Waals surface area contributed by atoms with Gasteiger partial charge in [-0.25, -0.2) is 4.79 Å². The molecule has 27 heavy (non-hydrogen) atoms. The maximum atomic E-state index is 12.6. The lowest BCUT2D eigenvalue weighted by atomic mass is 10.1. The lowest BCUT2D eigenvalue weighted by Gasteiger charge is -2.23. The van der Waals surface area contributed by atoms with E-state index in [1.807, 2.05) is 18.4 Å². The number of alkyl carbamates (subject to hydrolysis) is 1. The van der Waals surface area contributed by atoms with Gasteiger partial charge in [-0.1, -0.05) is 0 Å². The van der Waals surface area contributed by atoms with Crippen molar-refractivity contribution < 1.29 is 23.8 Å². The minimum absolute atomic E-state index is 0.267. The molecule has 0 aliphatic carbocycles. The Labute approximate surface area is 165 Å². The third-order valence-electron chi connectivity index (χ3n) is 3.50. The maximum absolute atomic E-state index is 12.6. The van der Waals surface area contributed by atoms with Gasteiger partial charge in [0.1, 0.15) is 23.1 Å². The first-order chi connectivity index (χ1) is 12.7. The van der Waals surface area contributed by atoms with Gasteiger partial charge < -0.3 is 24.8 Å². The minimum atomic E-state index is -0.667. The standard InChI is InChI=1S/C19H30N2O5S/c1-19(2,3)26-18(23)21-16(7-8-27-6)17(22)20-12-13-9-14(24-4)11-15(10-13)25-5/h9-11,16H,7-8,12H2,1-6H3,(H,20,22)(H,21,23)/t16-/m1/s1. The monoisotopic (exact) mass is 398 g/mol. The number of methoxy groups -OCH3 is 2. The van der Waals surface area contributed by atoms with Gasteiger partial charge in [-0.2, -0.15) is 11.8 Å². The number of amides is 2. The molecule has 2 amide bonds. The molecule has 0 aliphatic rings. The van der Waals surface area contributed by atoms with Crippen LogP contribution in [0.4, 0.5) is 4.79 Å². The van der Waals surface area contributed by atoms with Crippen LogP contribution in [-0.2, 0) is 16.1 Å². The quantitative estimate of drug-likeness (QED) is 0.665. The van der Waals surface area contributed by atoms with Crippen molar-refractivity contribution in [1.82, 2.24) is 10.6 Å². The lowest BCUT2D eigenvalue weighted by Crippen LogP contribution is -2.48. The van der Waals surface area contributed by atoms with E-state index >= 15 is 0 Å². The van der Waals surface area contributed by atoms with Crippen LogP contribution in [0, 0.1) is 0 Å². The van der Waals surface area contributed by atoms with Crippen molar-refractivity contribution in [2.75, 3.05) is 26.2 Å². The highest BCUT2D eigenvalue weighted by Crippen LogP contribution is 2.22. The number of hydrogen-bond donors (Lipinski definition) is 2. The van der Waals surface area contributed by atoms with Gasteiger partial charge in [0, 0.05) is 12.6 Å². The molecule has 1 aromatic rings. The zero-order chi connectivity index (χ0) is 20.4. The smallest absolute Gasteiger partial charge is 0.408 e. The van der Waals surface area contributed by atoms with Crippen molar-refractivity contribution >= 4 is 23.8 Å². The number of carbonyl (C=O) groups is 2. The Morgan fingerprint density at radius 1 is 1.11 bits per heavy atom.